The van der Waals surface area contributed by atoms with Crippen LogP contribution in [0.25, 0.3) is 0 Å². The number of aromatic nitrogens is 3. The Bertz CT molecular complexity index is 612. The lowest BCUT2D eigenvalue weighted by molar-refractivity contribution is -0.384. The largest absolute Gasteiger partial charge is 0.306 e. The Hall–Kier alpha value is -1.89. The minimum Gasteiger partial charge on any atom is -0.306 e. The number of nitro groups is 1. The van der Waals surface area contributed by atoms with Crippen LogP contribution in [0.5, 0.6) is 0 Å². The number of thioether (sulfide) groups is 1. The number of hydrogen-bond acceptors (Lipinski definition) is 5. The van der Waals surface area contributed by atoms with Crippen LogP contribution < -0.4 is 0 Å². The molecule has 0 saturated carbocycles. The Balaban J connectivity index is 2.19. The number of nitro benzene ring substituents is 1. The number of nitrogens with zero attached hydrogens (tertiary/aromatic N) is 4. The van der Waals surface area contributed by atoms with E-state index in [1.165, 1.54) is 6.07 Å². The Morgan fingerprint density at radius 3 is 2.75 bits per heavy atom. The summed E-state index contributed by atoms with van der Waals surface area (Å²) in [6.07, 6.45) is 1.70. The van der Waals surface area contributed by atoms with Crippen molar-refractivity contribution in [2.24, 2.45) is 0 Å². The van der Waals surface area contributed by atoms with Gasteiger partial charge < -0.3 is 4.57 Å². The van der Waals surface area contributed by atoms with Gasteiger partial charge in [0.15, 0.2) is 5.16 Å². The Kier molecular flexibility index (Phi) is 4.39. The molecule has 2 aromatic rings. The van der Waals surface area contributed by atoms with Crippen molar-refractivity contribution in [3.63, 3.8) is 0 Å². The maximum atomic E-state index is 10.8. The van der Waals surface area contributed by atoms with E-state index in [-0.39, 0.29) is 21.9 Å². The first-order chi connectivity index (χ1) is 9.49. The molecule has 0 aliphatic carbocycles. The first kappa shape index (κ1) is 14.5. The summed E-state index contributed by atoms with van der Waals surface area (Å²) in [5.74, 6) is 0. The fourth-order valence-corrected chi connectivity index (χ4v) is 2.86. The summed E-state index contributed by atoms with van der Waals surface area (Å²) in [5.41, 5.74) is 1.02. The van der Waals surface area contributed by atoms with Crippen molar-refractivity contribution in [3.8, 4) is 0 Å². The van der Waals surface area contributed by atoms with E-state index in [0.29, 0.717) is 0 Å². The first-order valence-electron chi connectivity index (χ1n) is 6.29. The van der Waals surface area contributed by atoms with Gasteiger partial charge in [0.25, 0.3) is 5.69 Å². The number of rotatable bonds is 5. The fourth-order valence-electron chi connectivity index (χ4n) is 1.79. The zero-order valence-corrected chi connectivity index (χ0v) is 12.4. The van der Waals surface area contributed by atoms with Crippen LogP contribution in [0.2, 0.25) is 0 Å². The minimum absolute atomic E-state index is 0.0663. The van der Waals surface area contributed by atoms with Crippen LogP contribution in [0.3, 0.4) is 0 Å². The van der Waals surface area contributed by atoms with E-state index in [4.69, 9.17) is 0 Å². The second-order valence-corrected chi connectivity index (χ2v) is 6.03. The monoisotopic (exact) mass is 292 g/mol. The average molecular weight is 292 g/mol. The molecule has 0 amide bonds. The number of non-ortho nitro benzene ring substituents is 1. The van der Waals surface area contributed by atoms with Crippen molar-refractivity contribution in [3.05, 3.63) is 46.3 Å². The summed E-state index contributed by atoms with van der Waals surface area (Å²) in [7, 11) is 0. The Labute approximate surface area is 121 Å². The molecular weight excluding hydrogens is 276 g/mol. The highest BCUT2D eigenvalue weighted by molar-refractivity contribution is 7.99. The third kappa shape index (κ3) is 3.16. The summed E-state index contributed by atoms with van der Waals surface area (Å²) in [5, 5.41) is 19.7. The molecule has 0 N–H and O–H groups in total. The zero-order chi connectivity index (χ0) is 14.7. The van der Waals surface area contributed by atoms with Crippen LogP contribution >= 0.6 is 11.8 Å². The van der Waals surface area contributed by atoms with E-state index < -0.39 is 0 Å². The highest BCUT2D eigenvalue weighted by Gasteiger charge is 2.16. The van der Waals surface area contributed by atoms with Crippen LogP contribution in [-0.4, -0.2) is 19.7 Å². The number of benzene rings is 1. The molecule has 1 heterocycles. The van der Waals surface area contributed by atoms with Gasteiger partial charge in [0.05, 0.1) is 4.92 Å². The molecule has 1 atom stereocenters. The molecule has 6 nitrogen and oxygen atoms in total. The Morgan fingerprint density at radius 2 is 2.10 bits per heavy atom. The van der Waals surface area contributed by atoms with Gasteiger partial charge >= 0.3 is 0 Å². The fraction of sp³-hybridized carbons (Fsp3) is 0.385. The van der Waals surface area contributed by atoms with Crippen LogP contribution in [0.15, 0.2) is 35.7 Å². The predicted octanol–water partition coefficient (Wildman–Crippen LogP) is 3.62. The smallest absolute Gasteiger partial charge is 0.269 e. The van der Waals surface area contributed by atoms with Crippen molar-refractivity contribution in [2.45, 2.75) is 37.2 Å². The van der Waals surface area contributed by atoms with E-state index >= 15 is 0 Å². The lowest BCUT2D eigenvalue weighted by Gasteiger charge is -2.13. The average Bonchev–Trinajstić information content (AvgIpc) is 2.87. The SMILES string of the molecule is CC(C)n1cnnc1S[C@H](C)c1cccc([N+](=O)[O-])c1. The van der Waals surface area contributed by atoms with Crippen LogP contribution in [-0.2, 0) is 0 Å². The zero-order valence-electron chi connectivity index (χ0n) is 11.6. The highest BCUT2D eigenvalue weighted by atomic mass is 32.2. The maximum absolute atomic E-state index is 10.8. The molecule has 0 spiro atoms. The lowest BCUT2D eigenvalue weighted by Crippen LogP contribution is -2.02. The van der Waals surface area contributed by atoms with E-state index in [2.05, 4.69) is 24.0 Å². The molecule has 0 radical (unpaired) electrons. The quantitative estimate of drug-likeness (QED) is 0.478. The summed E-state index contributed by atoms with van der Waals surface area (Å²) in [6.45, 7) is 6.12. The third-order valence-electron chi connectivity index (χ3n) is 2.93. The molecule has 0 saturated heterocycles. The van der Waals surface area contributed by atoms with Crippen LogP contribution in [0.4, 0.5) is 5.69 Å². The van der Waals surface area contributed by atoms with Gasteiger partial charge in [-0.05, 0) is 26.3 Å². The molecular formula is C13H16N4O2S. The standard InChI is InChI=1S/C13H16N4O2S/c1-9(2)16-8-14-15-13(16)20-10(3)11-5-4-6-12(7-11)17(18)19/h4-10H,1-3H3/t10-/m1/s1. The summed E-state index contributed by atoms with van der Waals surface area (Å²) >= 11 is 1.55. The molecule has 2 rings (SSSR count). The molecule has 0 unspecified atom stereocenters. The van der Waals surface area contributed by atoms with E-state index in [1.54, 1.807) is 30.2 Å². The van der Waals surface area contributed by atoms with E-state index in [0.717, 1.165) is 10.7 Å². The minimum atomic E-state index is -0.377. The molecule has 1 aromatic carbocycles. The van der Waals surface area contributed by atoms with Gasteiger partial charge in [-0.25, -0.2) is 0 Å². The molecule has 0 aliphatic heterocycles. The van der Waals surface area contributed by atoms with Crippen molar-refractivity contribution >= 4 is 17.4 Å². The third-order valence-corrected chi connectivity index (χ3v) is 4.06. The van der Waals surface area contributed by atoms with E-state index in [9.17, 15) is 10.1 Å². The van der Waals surface area contributed by atoms with Crippen molar-refractivity contribution in [1.29, 1.82) is 0 Å². The van der Waals surface area contributed by atoms with Crippen LogP contribution in [0.1, 0.15) is 37.6 Å². The first-order valence-corrected chi connectivity index (χ1v) is 7.17. The van der Waals surface area contributed by atoms with Gasteiger partial charge in [-0.2, -0.15) is 0 Å². The van der Waals surface area contributed by atoms with E-state index in [1.807, 2.05) is 17.6 Å². The van der Waals surface area contributed by atoms with Crippen molar-refractivity contribution in [1.82, 2.24) is 14.8 Å². The van der Waals surface area contributed by atoms with Gasteiger partial charge in [-0.1, -0.05) is 23.9 Å². The molecule has 0 bridgehead atoms. The predicted molar refractivity (Wildman–Crippen MR) is 77.8 cm³/mol. The molecule has 7 heteroatoms. The Morgan fingerprint density at radius 1 is 1.35 bits per heavy atom. The van der Waals surface area contributed by atoms with Crippen LogP contribution in [0, 0.1) is 10.1 Å². The summed E-state index contributed by atoms with van der Waals surface area (Å²) in [6, 6.07) is 6.98. The summed E-state index contributed by atoms with van der Waals surface area (Å²) < 4.78 is 1.98. The van der Waals surface area contributed by atoms with Gasteiger partial charge in [-0.3, -0.25) is 10.1 Å². The second kappa shape index (κ2) is 6.04. The van der Waals surface area contributed by atoms with Gasteiger partial charge in [-0.15, -0.1) is 10.2 Å². The summed E-state index contributed by atoms with van der Waals surface area (Å²) in [4.78, 5) is 10.4. The second-order valence-electron chi connectivity index (χ2n) is 4.73. The van der Waals surface area contributed by atoms with Gasteiger partial charge in [0.2, 0.25) is 0 Å². The van der Waals surface area contributed by atoms with Crippen molar-refractivity contribution < 1.29 is 4.92 Å². The lowest BCUT2D eigenvalue weighted by atomic mass is 10.1. The highest BCUT2D eigenvalue weighted by Crippen LogP contribution is 2.35. The van der Waals surface area contributed by atoms with Gasteiger partial charge in [0.1, 0.15) is 6.33 Å². The molecule has 106 valence electrons. The van der Waals surface area contributed by atoms with Gasteiger partial charge in [0, 0.05) is 23.4 Å². The topological polar surface area (TPSA) is 73.8 Å². The maximum Gasteiger partial charge on any atom is 0.269 e. The molecule has 20 heavy (non-hydrogen) atoms. The molecule has 0 aliphatic rings. The normalized spacial score (nSPS) is 12.6. The van der Waals surface area contributed by atoms with Crippen molar-refractivity contribution in [2.75, 3.05) is 0 Å². The number of hydrogen-bond donors (Lipinski definition) is 0. The molecule has 0 fully saturated rings. The molecule has 1 aromatic heterocycles.